The zero-order valence-electron chi connectivity index (χ0n) is 17.5. The number of carbonyl (C=O) groups excluding carboxylic acids is 2. The standard InChI is InChI=1S/C22H33N3O4/c1-14-11-19(15(2)29-14)20(27)23-17-12-22(9-3-4-10-25(22)13-17)21(28)24-16-5-7-18(26)8-6-16/h11,16-18,26H,3-10,12-13H2,1-2H3,(H,23,27)(H,24,28)/t16?,17-,18?,22+/m0/s1. The van der Waals surface area contributed by atoms with Crippen molar-refractivity contribution in [3.05, 3.63) is 23.2 Å². The third-order valence-corrected chi connectivity index (χ3v) is 6.97. The summed E-state index contributed by atoms with van der Waals surface area (Å²) in [7, 11) is 0. The molecule has 0 radical (unpaired) electrons. The quantitative estimate of drug-likeness (QED) is 0.715. The van der Waals surface area contributed by atoms with Crippen LogP contribution in [0.4, 0.5) is 0 Å². The van der Waals surface area contributed by atoms with Crippen LogP contribution in [0.15, 0.2) is 10.5 Å². The smallest absolute Gasteiger partial charge is 0.255 e. The number of hydrogen-bond donors (Lipinski definition) is 3. The van der Waals surface area contributed by atoms with E-state index in [1.807, 2.05) is 6.92 Å². The van der Waals surface area contributed by atoms with Crippen LogP contribution in [0.5, 0.6) is 0 Å². The van der Waals surface area contributed by atoms with Crippen molar-refractivity contribution in [3.8, 4) is 0 Å². The summed E-state index contributed by atoms with van der Waals surface area (Å²) in [6.07, 6.45) is 6.56. The molecule has 0 aromatic carbocycles. The van der Waals surface area contributed by atoms with Crippen LogP contribution in [0.3, 0.4) is 0 Å². The van der Waals surface area contributed by atoms with Crippen LogP contribution in [-0.4, -0.2) is 58.6 Å². The Hall–Kier alpha value is -1.86. The SMILES string of the molecule is Cc1cc(C(=O)N[C@@H]2CN3CCCC[C@]3(C(=O)NC3CCC(O)CC3)C2)c(C)o1. The molecule has 1 aromatic heterocycles. The largest absolute Gasteiger partial charge is 0.466 e. The minimum atomic E-state index is -0.520. The summed E-state index contributed by atoms with van der Waals surface area (Å²) in [5.41, 5.74) is 0.0554. The van der Waals surface area contributed by atoms with E-state index in [9.17, 15) is 14.7 Å². The number of rotatable bonds is 4. The molecule has 3 heterocycles. The number of furan rings is 1. The average molecular weight is 404 g/mol. The number of aliphatic hydroxyl groups is 1. The van der Waals surface area contributed by atoms with Gasteiger partial charge in [-0.2, -0.15) is 0 Å². The monoisotopic (exact) mass is 403 g/mol. The normalized spacial score (nSPS) is 32.6. The van der Waals surface area contributed by atoms with Crippen LogP contribution < -0.4 is 10.6 Å². The van der Waals surface area contributed by atoms with Crippen molar-refractivity contribution in [2.45, 2.75) is 88.9 Å². The summed E-state index contributed by atoms with van der Waals surface area (Å²) >= 11 is 0. The summed E-state index contributed by atoms with van der Waals surface area (Å²) in [6, 6.07) is 1.87. The fourth-order valence-electron chi connectivity index (χ4n) is 5.43. The molecule has 3 N–H and O–H groups in total. The van der Waals surface area contributed by atoms with E-state index < -0.39 is 5.54 Å². The molecule has 2 amide bonds. The fourth-order valence-corrected chi connectivity index (χ4v) is 5.43. The highest BCUT2D eigenvalue weighted by atomic mass is 16.3. The van der Waals surface area contributed by atoms with E-state index in [0.717, 1.165) is 57.3 Å². The van der Waals surface area contributed by atoms with Gasteiger partial charge in [-0.1, -0.05) is 0 Å². The topological polar surface area (TPSA) is 94.8 Å². The Morgan fingerprint density at radius 1 is 1.14 bits per heavy atom. The lowest BCUT2D eigenvalue weighted by molar-refractivity contribution is -0.135. The Balaban J connectivity index is 1.43. The molecule has 1 aliphatic carbocycles. The van der Waals surface area contributed by atoms with Crippen LogP contribution in [0.2, 0.25) is 0 Å². The van der Waals surface area contributed by atoms with E-state index in [0.29, 0.717) is 24.3 Å². The average Bonchev–Trinajstić information content (AvgIpc) is 3.23. The van der Waals surface area contributed by atoms with Gasteiger partial charge in [0.05, 0.1) is 11.7 Å². The minimum Gasteiger partial charge on any atom is -0.466 e. The molecule has 2 aliphatic heterocycles. The van der Waals surface area contributed by atoms with Crippen LogP contribution in [0, 0.1) is 13.8 Å². The third kappa shape index (κ3) is 4.08. The van der Waals surface area contributed by atoms with Gasteiger partial charge in [0.25, 0.3) is 5.91 Å². The van der Waals surface area contributed by atoms with Gasteiger partial charge in [0.15, 0.2) is 0 Å². The molecule has 0 bridgehead atoms. The van der Waals surface area contributed by atoms with Crippen molar-refractivity contribution < 1.29 is 19.1 Å². The molecule has 2 atom stereocenters. The number of aryl methyl sites for hydroxylation is 2. The lowest BCUT2D eigenvalue weighted by Crippen LogP contribution is -2.59. The van der Waals surface area contributed by atoms with Gasteiger partial charge in [-0.25, -0.2) is 0 Å². The Bertz CT molecular complexity index is 768. The molecule has 1 aromatic rings. The molecule has 2 saturated heterocycles. The first-order valence-corrected chi connectivity index (χ1v) is 11.0. The number of fused-ring (bicyclic) bond motifs is 1. The molecule has 29 heavy (non-hydrogen) atoms. The maximum atomic E-state index is 13.4. The second-order valence-corrected chi connectivity index (χ2v) is 9.12. The first-order chi connectivity index (χ1) is 13.9. The zero-order valence-corrected chi connectivity index (χ0v) is 17.5. The van der Waals surface area contributed by atoms with E-state index in [4.69, 9.17) is 4.42 Å². The molecule has 160 valence electrons. The van der Waals surface area contributed by atoms with Gasteiger partial charge in [-0.05, 0) is 77.8 Å². The second-order valence-electron chi connectivity index (χ2n) is 9.12. The molecule has 4 rings (SSSR count). The van der Waals surface area contributed by atoms with E-state index in [1.165, 1.54) is 0 Å². The number of amides is 2. The fraction of sp³-hybridized carbons (Fsp3) is 0.727. The van der Waals surface area contributed by atoms with Crippen molar-refractivity contribution in [2.24, 2.45) is 0 Å². The Labute approximate surface area is 172 Å². The van der Waals surface area contributed by atoms with Gasteiger partial charge in [0, 0.05) is 18.6 Å². The first kappa shape index (κ1) is 20.4. The van der Waals surface area contributed by atoms with Crippen molar-refractivity contribution in [2.75, 3.05) is 13.1 Å². The highest BCUT2D eigenvalue weighted by Crippen LogP contribution is 2.38. The number of hydrogen-bond acceptors (Lipinski definition) is 5. The van der Waals surface area contributed by atoms with Crippen molar-refractivity contribution >= 4 is 11.8 Å². The number of carbonyl (C=O) groups is 2. The summed E-state index contributed by atoms with van der Waals surface area (Å²) in [6.45, 7) is 5.24. The van der Waals surface area contributed by atoms with Gasteiger partial charge in [-0.3, -0.25) is 14.5 Å². The van der Waals surface area contributed by atoms with Crippen molar-refractivity contribution in [1.82, 2.24) is 15.5 Å². The number of nitrogens with one attached hydrogen (secondary N) is 2. The van der Waals surface area contributed by atoms with Gasteiger partial charge >= 0.3 is 0 Å². The highest BCUT2D eigenvalue weighted by Gasteiger charge is 2.52. The molecule has 1 saturated carbocycles. The minimum absolute atomic E-state index is 0.0471. The van der Waals surface area contributed by atoms with Crippen LogP contribution in [-0.2, 0) is 4.79 Å². The lowest BCUT2D eigenvalue weighted by atomic mass is 9.83. The van der Waals surface area contributed by atoms with Crippen LogP contribution in [0.1, 0.15) is 73.2 Å². The summed E-state index contributed by atoms with van der Waals surface area (Å²) in [5, 5.41) is 16.1. The van der Waals surface area contributed by atoms with Gasteiger partial charge in [-0.15, -0.1) is 0 Å². The second kappa shape index (κ2) is 8.11. The summed E-state index contributed by atoms with van der Waals surface area (Å²) < 4.78 is 5.49. The van der Waals surface area contributed by atoms with Crippen LogP contribution in [0.25, 0.3) is 0 Å². The summed E-state index contributed by atoms with van der Waals surface area (Å²) in [5.74, 6) is 1.33. The maximum absolute atomic E-state index is 13.4. The number of aliphatic hydroxyl groups excluding tert-OH is 1. The Morgan fingerprint density at radius 2 is 1.90 bits per heavy atom. The van der Waals surface area contributed by atoms with Crippen molar-refractivity contribution in [1.29, 1.82) is 0 Å². The maximum Gasteiger partial charge on any atom is 0.255 e. The predicted molar refractivity (Wildman–Crippen MR) is 109 cm³/mol. The van der Waals surface area contributed by atoms with Crippen LogP contribution >= 0.6 is 0 Å². The lowest BCUT2D eigenvalue weighted by Gasteiger charge is -2.42. The van der Waals surface area contributed by atoms with E-state index in [-0.39, 0.29) is 30.0 Å². The Kier molecular flexibility index (Phi) is 5.71. The molecular formula is C22H33N3O4. The third-order valence-electron chi connectivity index (χ3n) is 6.97. The molecule has 7 nitrogen and oxygen atoms in total. The summed E-state index contributed by atoms with van der Waals surface area (Å²) in [4.78, 5) is 28.4. The number of nitrogens with zero attached hydrogens (tertiary/aromatic N) is 1. The molecule has 7 heteroatoms. The van der Waals surface area contributed by atoms with E-state index >= 15 is 0 Å². The molecule has 3 fully saturated rings. The van der Waals surface area contributed by atoms with Gasteiger partial charge in [0.1, 0.15) is 17.1 Å². The highest BCUT2D eigenvalue weighted by molar-refractivity contribution is 5.95. The Morgan fingerprint density at radius 3 is 2.59 bits per heavy atom. The predicted octanol–water partition coefficient (Wildman–Crippen LogP) is 2.04. The van der Waals surface area contributed by atoms with Gasteiger partial charge in [0.2, 0.25) is 5.91 Å². The van der Waals surface area contributed by atoms with Gasteiger partial charge < -0.3 is 20.2 Å². The molecular weight excluding hydrogens is 370 g/mol. The first-order valence-electron chi connectivity index (χ1n) is 11.0. The molecule has 0 unspecified atom stereocenters. The molecule has 3 aliphatic rings. The number of piperidine rings is 1. The van der Waals surface area contributed by atoms with Crippen molar-refractivity contribution in [3.63, 3.8) is 0 Å². The van der Waals surface area contributed by atoms with E-state index in [2.05, 4.69) is 15.5 Å². The molecule has 0 spiro atoms. The van der Waals surface area contributed by atoms with E-state index in [1.54, 1.807) is 13.0 Å². The zero-order chi connectivity index (χ0) is 20.6.